The van der Waals surface area contributed by atoms with Crippen LogP contribution in [0, 0.1) is 12.8 Å². The van der Waals surface area contributed by atoms with Crippen LogP contribution >= 0.6 is 11.8 Å². The molecular formula is C35H54F3N5O2S. The van der Waals surface area contributed by atoms with Crippen LogP contribution in [0.1, 0.15) is 103 Å². The average molecular weight is 666 g/mol. The quantitative estimate of drug-likeness (QED) is 0.219. The molecular weight excluding hydrogens is 611 g/mol. The number of anilines is 2. The maximum absolute atomic E-state index is 12.5. The van der Waals surface area contributed by atoms with Gasteiger partial charge in [-0.1, -0.05) is 59.8 Å². The van der Waals surface area contributed by atoms with Crippen LogP contribution in [0.4, 0.5) is 24.9 Å². The number of rotatable bonds is 11. The number of ether oxygens (including phenoxy) is 1. The molecule has 7 nitrogen and oxygen atoms in total. The number of hydrogen-bond acceptors (Lipinski definition) is 8. The first kappa shape index (κ1) is 39.3. The van der Waals surface area contributed by atoms with Crippen molar-refractivity contribution in [3.05, 3.63) is 65.0 Å². The summed E-state index contributed by atoms with van der Waals surface area (Å²) >= 11 is 1.89. The summed E-state index contributed by atoms with van der Waals surface area (Å²) in [4.78, 5) is 12.1. The van der Waals surface area contributed by atoms with E-state index in [4.69, 9.17) is 9.97 Å². The van der Waals surface area contributed by atoms with Gasteiger partial charge in [-0.25, -0.2) is 4.98 Å². The number of aliphatic hydroxyl groups excluding tert-OH is 1. The van der Waals surface area contributed by atoms with E-state index < -0.39 is 6.36 Å². The highest BCUT2D eigenvalue weighted by Gasteiger charge is 2.34. The molecule has 4 unspecified atom stereocenters. The van der Waals surface area contributed by atoms with Crippen molar-refractivity contribution in [2.75, 3.05) is 17.7 Å². The van der Waals surface area contributed by atoms with E-state index in [0.717, 1.165) is 54.7 Å². The highest BCUT2D eigenvalue weighted by Crippen LogP contribution is 2.46. The number of alkyl halides is 3. The molecule has 0 radical (unpaired) electrons. The lowest BCUT2D eigenvalue weighted by Gasteiger charge is -2.38. The van der Waals surface area contributed by atoms with Crippen LogP contribution < -0.4 is 15.4 Å². The minimum absolute atomic E-state index is 0.00292. The summed E-state index contributed by atoms with van der Waals surface area (Å²) in [5, 5.41) is 17.5. The molecule has 4 rings (SSSR count). The van der Waals surface area contributed by atoms with Crippen LogP contribution in [0.25, 0.3) is 0 Å². The molecule has 3 N–H and O–H groups in total. The number of aromatic nitrogens is 2. The van der Waals surface area contributed by atoms with Crippen LogP contribution in [0.2, 0.25) is 0 Å². The molecule has 1 aromatic heterocycles. The molecule has 11 heteroatoms. The van der Waals surface area contributed by atoms with E-state index in [1.165, 1.54) is 17.8 Å². The molecule has 1 aromatic carbocycles. The fraction of sp³-hybridized carbons (Fsp3) is 0.600. The van der Waals surface area contributed by atoms with Crippen molar-refractivity contribution in [1.29, 1.82) is 0 Å². The summed E-state index contributed by atoms with van der Waals surface area (Å²) in [6.07, 6.45) is 6.34. The lowest BCUT2D eigenvalue weighted by atomic mass is 10.0. The van der Waals surface area contributed by atoms with Crippen LogP contribution in [0.15, 0.2) is 48.2 Å². The summed E-state index contributed by atoms with van der Waals surface area (Å²) in [6, 6.07) is 5.94. The third-order valence-corrected chi connectivity index (χ3v) is 9.46. The molecule has 1 aliphatic heterocycles. The summed E-state index contributed by atoms with van der Waals surface area (Å²) in [7, 11) is 2.11. The summed E-state index contributed by atoms with van der Waals surface area (Å²) in [6.45, 7) is 16.5. The Balaban J connectivity index is 0.00000177. The fourth-order valence-electron chi connectivity index (χ4n) is 5.46. The molecule has 2 aliphatic rings. The Morgan fingerprint density at radius 2 is 1.78 bits per heavy atom. The standard InChI is InChI=1S/C31H42F3N5O2S.2C2H6/c1-6-8-9-24-17-26(7-2)42-29(39(24)5)27-19(3)36-30(38-28(27)37-23-13-12-22(16-23)20(4)40)35-18-21-10-14-25(15-11-21)41-31(32,33)34;2*1-2/h8-11,14-15,17,20,22-23,26,29,40H,6-7,12-13,16,18H2,1-5H3,(H2,35,36,37,38);2*1-2H3/b9-8-;;/t20?,22?,23-,26?,29?;;/m0../s1. The topological polar surface area (TPSA) is 82.5 Å². The lowest BCUT2D eigenvalue weighted by Crippen LogP contribution is -2.30. The lowest BCUT2D eigenvalue weighted by molar-refractivity contribution is -0.274. The summed E-state index contributed by atoms with van der Waals surface area (Å²) < 4.78 is 41.5. The number of benzene rings is 1. The fourth-order valence-corrected chi connectivity index (χ4v) is 6.93. The minimum atomic E-state index is -4.73. The summed E-state index contributed by atoms with van der Waals surface area (Å²) in [5.74, 6) is 1.20. The zero-order valence-electron chi connectivity index (χ0n) is 28.9. The second-order valence-electron chi connectivity index (χ2n) is 11.0. The van der Waals surface area contributed by atoms with E-state index in [-0.39, 0.29) is 29.2 Å². The molecule has 5 atom stereocenters. The van der Waals surface area contributed by atoms with Gasteiger partial charge in [-0.2, -0.15) is 4.98 Å². The highest BCUT2D eigenvalue weighted by atomic mass is 32.2. The van der Waals surface area contributed by atoms with Gasteiger partial charge >= 0.3 is 6.36 Å². The zero-order valence-corrected chi connectivity index (χ0v) is 29.7. The number of halogens is 3. The maximum atomic E-state index is 12.5. The number of thioether (sulfide) groups is 1. The molecule has 2 aromatic rings. The number of allylic oxidation sites excluding steroid dienone is 2. The number of nitrogens with zero attached hydrogens (tertiary/aromatic N) is 3. The molecule has 0 amide bonds. The molecule has 0 bridgehead atoms. The van der Waals surface area contributed by atoms with E-state index in [2.05, 4.69) is 59.4 Å². The Morgan fingerprint density at radius 3 is 2.35 bits per heavy atom. The predicted octanol–water partition coefficient (Wildman–Crippen LogP) is 9.62. The van der Waals surface area contributed by atoms with Crippen molar-refractivity contribution < 1.29 is 23.0 Å². The van der Waals surface area contributed by atoms with Gasteiger partial charge in [-0.3, -0.25) is 0 Å². The van der Waals surface area contributed by atoms with E-state index in [1.807, 2.05) is 53.3 Å². The van der Waals surface area contributed by atoms with Crippen molar-refractivity contribution in [3.63, 3.8) is 0 Å². The van der Waals surface area contributed by atoms with Crippen molar-refractivity contribution in [1.82, 2.24) is 14.9 Å². The van der Waals surface area contributed by atoms with Gasteiger partial charge in [0.1, 0.15) is 16.9 Å². The molecule has 1 saturated carbocycles. The second-order valence-corrected chi connectivity index (χ2v) is 12.4. The van der Waals surface area contributed by atoms with E-state index in [1.54, 1.807) is 12.1 Å². The Bertz CT molecular complexity index is 1250. The van der Waals surface area contributed by atoms with Crippen molar-refractivity contribution in [2.45, 2.75) is 123 Å². The van der Waals surface area contributed by atoms with Gasteiger partial charge in [0.2, 0.25) is 5.95 Å². The predicted molar refractivity (Wildman–Crippen MR) is 186 cm³/mol. The van der Waals surface area contributed by atoms with Gasteiger partial charge in [0, 0.05) is 36.1 Å². The van der Waals surface area contributed by atoms with Crippen molar-refractivity contribution in [2.24, 2.45) is 5.92 Å². The van der Waals surface area contributed by atoms with E-state index >= 15 is 0 Å². The molecule has 1 aliphatic carbocycles. The van der Waals surface area contributed by atoms with Crippen LogP contribution in [-0.4, -0.2) is 50.8 Å². The molecule has 258 valence electrons. The van der Waals surface area contributed by atoms with Gasteiger partial charge in [-0.05, 0) is 81.7 Å². The van der Waals surface area contributed by atoms with E-state index in [0.29, 0.717) is 17.7 Å². The largest absolute Gasteiger partial charge is 0.573 e. The number of hydrogen-bond donors (Lipinski definition) is 3. The van der Waals surface area contributed by atoms with Crippen LogP contribution in [-0.2, 0) is 6.54 Å². The molecule has 46 heavy (non-hydrogen) atoms. The number of aliphatic hydroxyl groups is 1. The summed E-state index contributed by atoms with van der Waals surface area (Å²) in [5.41, 5.74) is 3.84. The zero-order chi connectivity index (χ0) is 34.4. The normalized spacial score (nSPS) is 21.8. The number of nitrogens with one attached hydrogen (secondary N) is 2. The Kier molecular flexibility index (Phi) is 16.2. The number of aryl methyl sites for hydroxylation is 1. The van der Waals surface area contributed by atoms with Gasteiger partial charge in [0.05, 0.1) is 11.8 Å². The SMILES string of the molecule is CC.CC.CC/C=C\C1=CC(CC)SC(c2c(C)nc(NCc3ccc(OC(F)(F)F)cc3)nc2N[C@H]2CCC(C(C)O)C2)N1C. The van der Waals surface area contributed by atoms with E-state index in [9.17, 15) is 18.3 Å². The minimum Gasteiger partial charge on any atom is -0.406 e. The van der Waals surface area contributed by atoms with Gasteiger partial charge in [0.25, 0.3) is 0 Å². The third kappa shape index (κ3) is 11.4. The van der Waals surface area contributed by atoms with Crippen LogP contribution in [0.3, 0.4) is 0 Å². The average Bonchev–Trinajstić information content (AvgIpc) is 3.51. The Labute approximate surface area is 278 Å². The third-order valence-electron chi connectivity index (χ3n) is 7.83. The monoisotopic (exact) mass is 665 g/mol. The highest BCUT2D eigenvalue weighted by molar-refractivity contribution is 8.00. The second kappa shape index (κ2) is 19.0. The molecule has 1 fully saturated rings. The molecule has 0 spiro atoms. The first-order valence-electron chi connectivity index (χ1n) is 16.7. The Hall–Kier alpha value is -2.92. The van der Waals surface area contributed by atoms with Gasteiger partial charge < -0.3 is 25.4 Å². The molecule has 2 heterocycles. The van der Waals surface area contributed by atoms with Crippen LogP contribution in [0.5, 0.6) is 5.75 Å². The first-order valence-corrected chi connectivity index (χ1v) is 17.6. The first-order chi connectivity index (χ1) is 22.0. The van der Waals surface area contributed by atoms with Crippen molar-refractivity contribution >= 4 is 23.5 Å². The van der Waals surface area contributed by atoms with Crippen molar-refractivity contribution in [3.8, 4) is 5.75 Å². The maximum Gasteiger partial charge on any atom is 0.573 e. The molecule has 0 saturated heterocycles. The van der Waals surface area contributed by atoms with Gasteiger partial charge in [0.15, 0.2) is 0 Å². The number of likely N-dealkylation sites (N-methyl/N-ethyl adjacent to an activating group) is 1. The smallest absolute Gasteiger partial charge is 0.406 e. The van der Waals surface area contributed by atoms with Gasteiger partial charge in [-0.15, -0.1) is 24.9 Å². The Morgan fingerprint density at radius 1 is 1.11 bits per heavy atom.